The number of hydrogen-bond donors (Lipinski definition) is 1. The molecule has 32 heavy (non-hydrogen) atoms. The number of aromatic nitrogens is 5. The smallest absolute Gasteiger partial charge is 0.249 e. The lowest BCUT2D eigenvalue weighted by molar-refractivity contribution is -0.117. The van der Waals surface area contributed by atoms with Gasteiger partial charge in [-0.1, -0.05) is 12.1 Å². The molecule has 1 saturated heterocycles. The van der Waals surface area contributed by atoms with E-state index in [1.54, 1.807) is 13.2 Å². The number of tetrazole rings is 1. The van der Waals surface area contributed by atoms with Gasteiger partial charge in [0.15, 0.2) is 0 Å². The summed E-state index contributed by atoms with van der Waals surface area (Å²) in [5.41, 5.74) is 2.98. The molecule has 1 amide bonds. The molecule has 1 aliphatic heterocycles. The molecule has 0 saturated carbocycles. The number of carbonyl (C=O) groups is 1. The van der Waals surface area contributed by atoms with Gasteiger partial charge in [-0.15, -0.1) is 10.2 Å². The van der Waals surface area contributed by atoms with Crippen molar-refractivity contribution in [2.75, 3.05) is 19.0 Å². The van der Waals surface area contributed by atoms with E-state index in [0.29, 0.717) is 29.5 Å². The predicted octanol–water partition coefficient (Wildman–Crippen LogP) is 2.46. The normalized spacial score (nSPS) is 15.5. The van der Waals surface area contributed by atoms with E-state index >= 15 is 0 Å². The fraction of sp³-hybridized carbons (Fsp3) is 0.409. The van der Waals surface area contributed by atoms with Crippen LogP contribution in [0.25, 0.3) is 11.4 Å². The second-order valence-electron chi connectivity index (χ2n) is 7.72. The predicted molar refractivity (Wildman–Crippen MR) is 116 cm³/mol. The van der Waals surface area contributed by atoms with E-state index in [1.165, 1.54) is 4.80 Å². The second-order valence-corrected chi connectivity index (χ2v) is 7.72. The number of carbonyl (C=O) groups excluding carboxylic acids is 1. The van der Waals surface area contributed by atoms with E-state index in [9.17, 15) is 10.1 Å². The van der Waals surface area contributed by atoms with Crippen molar-refractivity contribution in [3.8, 4) is 23.2 Å². The molecule has 1 fully saturated rings. The Labute approximate surface area is 185 Å². The molecule has 1 aromatic carbocycles. The summed E-state index contributed by atoms with van der Waals surface area (Å²) < 4.78 is 12.9. The van der Waals surface area contributed by atoms with Gasteiger partial charge in [-0.25, -0.2) is 0 Å². The number of nitrogens with zero attached hydrogens (tertiary/aromatic N) is 6. The van der Waals surface area contributed by atoms with Gasteiger partial charge in [0.05, 0.1) is 25.3 Å². The zero-order valence-corrected chi connectivity index (χ0v) is 18.3. The number of nitrogens with one attached hydrogen (secondary N) is 1. The van der Waals surface area contributed by atoms with Crippen LogP contribution in [0.4, 0.5) is 5.82 Å². The summed E-state index contributed by atoms with van der Waals surface area (Å²) in [6, 6.07) is 9.51. The molecular weight excluding hydrogens is 410 g/mol. The van der Waals surface area contributed by atoms with E-state index in [1.807, 2.05) is 36.6 Å². The Morgan fingerprint density at radius 3 is 2.97 bits per heavy atom. The third-order valence-corrected chi connectivity index (χ3v) is 5.67. The summed E-state index contributed by atoms with van der Waals surface area (Å²) in [5, 5.41) is 24.9. The average Bonchev–Trinajstić information content (AvgIpc) is 3.52. The number of amides is 1. The summed E-state index contributed by atoms with van der Waals surface area (Å²) in [4.78, 5) is 14.0. The maximum absolute atomic E-state index is 12.8. The van der Waals surface area contributed by atoms with Gasteiger partial charge in [-0.05, 0) is 49.6 Å². The van der Waals surface area contributed by atoms with Gasteiger partial charge in [0, 0.05) is 17.9 Å². The molecule has 0 radical (unpaired) electrons. The first-order chi connectivity index (χ1) is 15.5. The van der Waals surface area contributed by atoms with E-state index in [-0.39, 0.29) is 18.6 Å². The number of anilines is 1. The maximum Gasteiger partial charge on any atom is 0.249 e. The lowest BCUT2D eigenvalue weighted by atomic mass is 10.2. The molecular formula is C22H25N7O3. The number of hydrogen-bond acceptors (Lipinski definition) is 7. The van der Waals surface area contributed by atoms with Crippen molar-refractivity contribution in [2.24, 2.45) is 0 Å². The van der Waals surface area contributed by atoms with Crippen LogP contribution >= 0.6 is 0 Å². The van der Waals surface area contributed by atoms with E-state index in [0.717, 1.165) is 36.3 Å². The number of benzene rings is 1. The monoisotopic (exact) mass is 435 g/mol. The highest BCUT2D eigenvalue weighted by Crippen LogP contribution is 2.28. The van der Waals surface area contributed by atoms with Crippen LogP contribution in [0.15, 0.2) is 24.3 Å². The molecule has 1 N–H and O–H groups in total. The number of ether oxygens (including phenoxy) is 2. The molecule has 166 valence electrons. The van der Waals surface area contributed by atoms with Crippen LogP contribution in [-0.2, 0) is 22.6 Å². The minimum atomic E-state index is -0.345. The largest absolute Gasteiger partial charge is 0.497 e. The molecule has 4 rings (SSSR count). The summed E-state index contributed by atoms with van der Waals surface area (Å²) in [6.45, 7) is 5.02. The van der Waals surface area contributed by atoms with E-state index < -0.39 is 0 Å². The topological polar surface area (TPSA) is 120 Å². The quantitative estimate of drug-likeness (QED) is 0.605. The van der Waals surface area contributed by atoms with Crippen molar-refractivity contribution in [3.63, 3.8) is 0 Å². The standard InChI is InChI=1S/C22H25N7O3/c1-14-15(2)28(12-18-8-5-9-32-18)22(19(14)11-23)24-20(30)13-29-26-21(25-27-29)16-6-4-7-17(10-16)31-3/h4,6-7,10,18H,5,8-9,12-13H2,1-3H3,(H,24,30). The van der Waals surface area contributed by atoms with Crippen molar-refractivity contribution in [1.82, 2.24) is 24.8 Å². The zero-order valence-electron chi connectivity index (χ0n) is 18.3. The highest BCUT2D eigenvalue weighted by Gasteiger charge is 2.24. The van der Waals surface area contributed by atoms with Crippen LogP contribution in [0.5, 0.6) is 5.75 Å². The van der Waals surface area contributed by atoms with Crippen LogP contribution < -0.4 is 10.1 Å². The summed E-state index contributed by atoms with van der Waals surface area (Å²) in [6.07, 6.45) is 2.05. The molecule has 2 aromatic heterocycles. The molecule has 1 atom stereocenters. The van der Waals surface area contributed by atoms with Crippen molar-refractivity contribution in [3.05, 3.63) is 41.1 Å². The Hall–Kier alpha value is -3.71. The molecule has 1 unspecified atom stereocenters. The average molecular weight is 435 g/mol. The highest BCUT2D eigenvalue weighted by atomic mass is 16.5. The van der Waals surface area contributed by atoms with Crippen LogP contribution in [0.1, 0.15) is 29.7 Å². The van der Waals surface area contributed by atoms with Crippen LogP contribution in [0, 0.1) is 25.2 Å². The highest BCUT2D eigenvalue weighted by molar-refractivity contribution is 5.91. The Balaban J connectivity index is 1.51. The number of rotatable bonds is 7. The first-order valence-electron chi connectivity index (χ1n) is 10.4. The fourth-order valence-corrected chi connectivity index (χ4v) is 3.84. The first-order valence-corrected chi connectivity index (χ1v) is 10.4. The second kappa shape index (κ2) is 9.20. The van der Waals surface area contributed by atoms with Gasteiger partial charge in [-0.2, -0.15) is 10.1 Å². The molecule has 1 aliphatic rings. The first kappa shape index (κ1) is 21.5. The molecule has 3 heterocycles. The van der Waals surface area contributed by atoms with Crippen LogP contribution in [-0.4, -0.2) is 50.5 Å². The third kappa shape index (κ3) is 4.33. The minimum Gasteiger partial charge on any atom is -0.497 e. The van der Waals surface area contributed by atoms with Gasteiger partial charge in [-0.3, -0.25) is 4.79 Å². The van der Waals surface area contributed by atoms with Crippen LogP contribution in [0.2, 0.25) is 0 Å². The number of methoxy groups -OCH3 is 1. The third-order valence-electron chi connectivity index (χ3n) is 5.67. The Morgan fingerprint density at radius 2 is 2.25 bits per heavy atom. The minimum absolute atomic E-state index is 0.0742. The maximum atomic E-state index is 12.8. The molecule has 0 aliphatic carbocycles. The lowest BCUT2D eigenvalue weighted by Crippen LogP contribution is -2.24. The summed E-state index contributed by atoms with van der Waals surface area (Å²) in [5.74, 6) is 1.21. The van der Waals surface area contributed by atoms with Gasteiger partial charge < -0.3 is 19.4 Å². The number of nitriles is 1. The van der Waals surface area contributed by atoms with Crippen molar-refractivity contribution in [1.29, 1.82) is 5.26 Å². The Morgan fingerprint density at radius 1 is 1.41 bits per heavy atom. The van der Waals surface area contributed by atoms with E-state index in [2.05, 4.69) is 26.8 Å². The van der Waals surface area contributed by atoms with Gasteiger partial charge >= 0.3 is 0 Å². The summed E-state index contributed by atoms with van der Waals surface area (Å²) >= 11 is 0. The lowest BCUT2D eigenvalue weighted by Gasteiger charge is -2.16. The van der Waals surface area contributed by atoms with Gasteiger partial charge in [0.1, 0.15) is 24.2 Å². The molecule has 3 aromatic rings. The molecule has 0 spiro atoms. The SMILES string of the molecule is COc1cccc(-c2nnn(CC(=O)Nc3c(C#N)c(C)c(C)n3CC3CCCO3)n2)c1. The van der Waals surface area contributed by atoms with Gasteiger partial charge in [0.2, 0.25) is 11.7 Å². The molecule has 0 bridgehead atoms. The van der Waals surface area contributed by atoms with Crippen molar-refractivity contribution >= 4 is 11.7 Å². The zero-order chi connectivity index (χ0) is 22.7. The Bertz CT molecular complexity index is 1170. The van der Waals surface area contributed by atoms with Crippen LogP contribution in [0.3, 0.4) is 0 Å². The van der Waals surface area contributed by atoms with Crippen molar-refractivity contribution < 1.29 is 14.3 Å². The van der Waals surface area contributed by atoms with Crippen molar-refractivity contribution in [2.45, 2.75) is 45.9 Å². The molecule has 10 nitrogen and oxygen atoms in total. The van der Waals surface area contributed by atoms with E-state index in [4.69, 9.17) is 9.47 Å². The summed E-state index contributed by atoms with van der Waals surface area (Å²) in [7, 11) is 1.58. The Kier molecular flexibility index (Phi) is 6.18. The van der Waals surface area contributed by atoms with Gasteiger partial charge in [0.25, 0.3) is 0 Å². The fourth-order valence-electron chi connectivity index (χ4n) is 3.84. The molecule has 10 heteroatoms.